The van der Waals surface area contributed by atoms with Gasteiger partial charge in [-0.3, -0.25) is 4.79 Å². The number of methoxy groups -OCH3 is 1. The Bertz CT molecular complexity index is 768. The SMILES string of the molecule is COC(=O)CCNS(=O)(=O)c1cccc2cccc(Cl)c12. The predicted molar refractivity (Wildman–Crippen MR) is 80.8 cm³/mol. The second kappa shape index (κ2) is 6.43. The smallest absolute Gasteiger partial charge is 0.306 e. The van der Waals surface area contributed by atoms with E-state index >= 15 is 0 Å². The fourth-order valence-electron chi connectivity index (χ4n) is 1.95. The van der Waals surface area contributed by atoms with Crippen LogP contribution in [0.1, 0.15) is 6.42 Å². The molecule has 0 saturated heterocycles. The van der Waals surface area contributed by atoms with Gasteiger partial charge in [0.05, 0.1) is 18.4 Å². The molecular formula is C14H14ClNO4S. The molecule has 1 N–H and O–H groups in total. The van der Waals surface area contributed by atoms with Gasteiger partial charge in [-0.15, -0.1) is 0 Å². The normalized spacial score (nSPS) is 11.5. The van der Waals surface area contributed by atoms with Gasteiger partial charge in [0.15, 0.2) is 0 Å². The molecule has 0 fully saturated rings. The van der Waals surface area contributed by atoms with Gasteiger partial charge in [-0.25, -0.2) is 13.1 Å². The van der Waals surface area contributed by atoms with E-state index in [0.29, 0.717) is 10.4 Å². The molecule has 5 nitrogen and oxygen atoms in total. The first-order valence-electron chi connectivity index (χ1n) is 6.19. The lowest BCUT2D eigenvalue weighted by Crippen LogP contribution is -2.26. The van der Waals surface area contributed by atoms with Crippen LogP contribution in [-0.2, 0) is 19.6 Å². The van der Waals surface area contributed by atoms with E-state index in [9.17, 15) is 13.2 Å². The van der Waals surface area contributed by atoms with Crippen LogP contribution in [-0.4, -0.2) is 28.0 Å². The first-order chi connectivity index (χ1) is 9.95. The van der Waals surface area contributed by atoms with Crippen molar-refractivity contribution in [3.8, 4) is 0 Å². The number of halogens is 1. The van der Waals surface area contributed by atoms with Gasteiger partial charge >= 0.3 is 5.97 Å². The Morgan fingerprint density at radius 1 is 1.24 bits per heavy atom. The standard InChI is InChI=1S/C14H14ClNO4S/c1-20-13(17)8-9-16-21(18,19)12-7-3-5-10-4-2-6-11(15)14(10)12/h2-7,16H,8-9H2,1H3. The summed E-state index contributed by atoms with van der Waals surface area (Å²) in [5, 5.41) is 1.56. The Labute approximate surface area is 127 Å². The maximum absolute atomic E-state index is 12.3. The van der Waals surface area contributed by atoms with Gasteiger partial charge < -0.3 is 4.74 Å². The van der Waals surface area contributed by atoms with Gasteiger partial charge in [0, 0.05) is 17.0 Å². The van der Waals surface area contributed by atoms with Gasteiger partial charge in [-0.1, -0.05) is 35.9 Å². The Morgan fingerprint density at radius 2 is 1.90 bits per heavy atom. The largest absolute Gasteiger partial charge is 0.469 e. The van der Waals surface area contributed by atoms with E-state index in [-0.39, 0.29) is 17.9 Å². The number of carbonyl (C=O) groups excluding carboxylic acids is 1. The molecule has 0 radical (unpaired) electrons. The molecule has 7 heteroatoms. The van der Waals surface area contributed by atoms with Crippen LogP contribution in [0.3, 0.4) is 0 Å². The van der Waals surface area contributed by atoms with Crippen molar-refractivity contribution in [3.63, 3.8) is 0 Å². The number of ether oxygens (including phenoxy) is 1. The lowest BCUT2D eigenvalue weighted by Gasteiger charge is -2.10. The molecule has 0 heterocycles. The zero-order valence-corrected chi connectivity index (χ0v) is 12.9. The highest BCUT2D eigenvalue weighted by molar-refractivity contribution is 7.89. The molecule has 0 aliphatic heterocycles. The fraction of sp³-hybridized carbons (Fsp3) is 0.214. The second-order valence-electron chi connectivity index (χ2n) is 4.32. The number of sulfonamides is 1. The summed E-state index contributed by atoms with van der Waals surface area (Å²) < 4.78 is 31.5. The van der Waals surface area contributed by atoms with E-state index in [1.165, 1.54) is 13.2 Å². The lowest BCUT2D eigenvalue weighted by atomic mass is 10.1. The van der Waals surface area contributed by atoms with Crippen LogP contribution in [0.5, 0.6) is 0 Å². The molecule has 21 heavy (non-hydrogen) atoms. The summed E-state index contributed by atoms with van der Waals surface area (Å²) in [7, 11) is -2.50. The molecule has 0 aromatic heterocycles. The van der Waals surface area contributed by atoms with E-state index < -0.39 is 16.0 Å². The quantitative estimate of drug-likeness (QED) is 0.855. The average Bonchev–Trinajstić information content (AvgIpc) is 2.46. The molecule has 0 spiro atoms. The van der Waals surface area contributed by atoms with Crippen molar-refractivity contribution < 1.29 is 17.9 Å². The number of hydrogen-bond donors (Lipinski definition) is 1. The maximum atomic E-state index is 12.3. The summed E-state index contributed by atoms with van der Waals surface area (Å²) in [6.07, 6.45) is -0.0335. The Hall–Kier alpha value is -1.63. The summed E-state index contributed by atoms with van der Waals surface area (Å²) in [4.78, 5) is 11.1. The van der Waals surface area contributed by atoms with Gasteiger partial charge in [-0.2, -0.15) is 0 Å². The summed E-state index contributed by atoms with van der Waals surface area (Å²) in [6, 6.07) is 10.1. The molecule has 0 amide bonds. The van der Waals surface area contributed by atoms with Crippen molar-refractivity contribution in [1.29, 1.82) is 0 Å². The number of nitrogens with one attached hydrogen (secondary N) is 1. The van der Waals surface area contributed by atoms with Crippen molar-refractivity contribution in [2.75, 3.05) is 13.7 Å². The molecule has 2 aromatic carbocycles. The zero-order valence-electron chi connectivity index (χ0n) is 11.3. The molecule has 112 valence electrons. The Balaban J connectivity index is 2.34. The van der Waals surface area contributed by atoms with Crippen LogP contribution < -0.4 is 4.72 Å². The highest BCUT2D eigenvalue weighted by Crippen LogP contribution is 2.29. The van der Waals surface area contributed by atoms with E-state index in [1.807, 2.05) is 0 Å². The third-order valence-electron chi connectivity index (χ3n) is 2.95. The number of carbonyl (C=O) groups is 1. The zero-order chi connectivity index (χ0) is 15.5. The minimum Gasteiger partial charge on any atom is -0.469 e. The molecule has 0 unspecified atom stereocenters. The second-order valence-corrected chi connectivity index (χ2v) is 6.46. The molecule has 0 bridgehead atoms. The van der Waals surface area contributed by atoms with Gasteiger partial charge in [0.1, 0.15) is 0 Å². The van der Waals surface area contributed by atoms with Crippen molar-refractivity contribution in [1.82, 2.24) is 4.72 Å². The Kier molecular flexibility index (Phi) is 4.82. The molecule has 0 aliphatic rings. The summed E-state index contributed by atoms with van der Waals surface area (Å²) in [5.74, 6) is -0.478. The molecule has 0 aliphatic carbocycles. The number of esters is 1. The van der Waals surface area contributed by atoms with E-state index in [1.54, 1.807) is 30.3 Å². The predicted octanol–water partition coefficient (Wildman–Crippen LogP) is 2.33. The first-order valence-corrected chi connectivity index (χ1v) is 8.05. The number of hydrogen-bond acceptors (Lipinski definition) is 4. The average molecular weight is 328 g/mol. The third-order valence-corrected chi connectivity index (χ3v) is 4.77. The molecular weight excluding hydrogens is 314 g/mol. The minimum absolute atomic E-state index is 0.0319. The molecule has 2 rings (SSSR count). The number of fused-ring (bicyclic) bond motifs is 1. The summed E-state index contributed by atoms with van der Waals surface area (Å²) in [5.41, 5.74) is 0. The molecule has 0 atom stereocenters. The van der Waals surface area contributed by atoms with Gasteiger partial charge in [0.2, 0.25) is 10.0 Å². The van der Waals surface area contributed by atoms with Gasteiger partial charge in [0.25, 0.3) is 0 Å². The van der Waals surface area contributed by atoms with Crippen LogP contribution in [0, 0.1) is 0 Å². The highest BCUT2D eigenvalue weighted by atomic mass is 35.5. The van der Waals surface area contributed by atoms with E-state index in [4.69, 9.17) is 11.6 Å². The molecule has 2 aromatic rings. The van der Waals surface area contributed by atoms with Crippen LogP contribution >= 0.6 is 11.6 Å². The third kappa shape index (κ3) is 3.53. The van der Waals surface area contributed by atoms with Crippen LogP contribution in [0.25, 0.3) is 10.8 Å². The number of rotatable bonds is 5. The van der Waals surface area contributed by atoms with Crippen molar-refractivity contribution >= 4 is 38.4 Å². The lowest BCUT2D eigenvalue weighted by molar-refractivity contribution is -0.140. The summed E-state index contributed by atoms with van der Waals surface area (Å²) >= 11 is 6.11. The maximum Gasteiger partial charge on any atom is 0.306 e. The number of benzene rings is 2. The van der Waals surface area contributed by atoms with Crippen LogP contribution in [0.4, 0.5) is 0 Å². The van der Waals surface area contributed by atoms with E-state index in [2.05, 4.69) is 9.46 Å². The van der Waals surface area contributed by atoms with Crippen molar-refractivity contribution in [2.45, 2.75) is 11.3 Å². The van der Waals surface area contributed by atoms with Crippen LogP contribution in [0.2, 0.25) is 5.02 Å². The van der Waals surface area contributed by atoms with Crippen molar-refractivity contribution in [2.24, 2.45) is 0 Å². The fourth-order valence-corrected chi connectivity index (χ4v) is 3.57. The van der Waals surface area contributed by atoms with Crippen molar-refractivity contribution in [3.05, 3.63) is 41.4 Å². The highest BCUT2D eigenvalue weighted by Gasteiger charge is 2.18. The topological polar surface area (TPSA) is 72.5 Å². The minimum atomic E-state index is -3.76. The first kappa shape index (κ1) is 15.8. The van der Waals surface area contributed by atoms with E-state index in [0.717, 1.165) is 5.39 Å². The monoisotopic (exact) mass is 327 g/mol. The van der Waals surface area contributed by atoms with Gasteiger partial charge in [-0.05, 0) is 17.5 Å². The Morgan fingerprint density at radius 3 is 2.57 bits per heavy atom. The molecule has 0 saturated carbocycles. The summed E-state index contributed by atoms with van der Waals surface area (Å²) in [6.45, 7) is -0.0319. The van der Waals surface area contributed by atoms with Crippen LogP contribution in [0.15, 0.2) is 41.3 Å².